The summed E-state index contributed by atoms with van der Waals surface area (Å²) >= 11 is 6.42. The Bertz CT molecular complexity index is 419. The lowest BCUT2D eigenvalue weighted by atomic mass is 10.1. The molecule has 0 aliphatic rings. The van der Waals surface area contributed by atoms with E-state index in [2.05, 4.69) is 50.0 Å². The fraction of sp³-hybridized carbons (Fsp3) is 0.647. The first kappa shape index (κ1) is 18.3. The summed E-state index contributed by atoms with van der Waals surface area (Å²) in [4.78, 5) is 2.26. The number of rotatable bonds is 9. The minimum Gasteiger partial charge on any atom is -0.395 e. The van der Waals surface area contributed by atoms with Crippen molar-refractivity contribution >= 4 is 17.3 Å². The Balaban J connectivity index is 2.92. The topological polar surface area (TPSA) is 35.5 Å². The summed E-state index contributed by atoms with van der Waals surface area (Å²) in [5.41, 5.74) is 2.21. The fourth-order valence-corrected chi connectivity index (χ4v) is 2.77. The second-order valence-corrected chi connectivity index (χ2v) is 6.11. The van der Waals surface area contributed by atoms with Crippen LogP contribution in [0.2, 0.25) is 5.02 Å². The van der Waals surface area contributed by atoms with Crippen LogP contribution >= 0.6 is 11.6 Å². The van der Waals surface area contributed by atoms with E-state index in [0.717, 1.165) is 35.7 Å². The predicted octanol–water partition coefficient (Wildman–Crippen LogP) is 3.83. The number of benzene rings is 1. The van der Waals surface area contributed by atoms with Gasteiger partial charge in [0.1, 0.15) is 0 Å². The molecule has 0 aromatic heterocycles. The SMILES string of the molecule is CCC(CC)N(CCO)c1ccc(CNC(C)C)c(Cl)c1. The maximum Gasteiger partial charge on any atom is 0.0606 e. The minimum atomic E-state index is 0.158. The minimum absolute atomic E-state index is 0.158. The van der Waals surface area contributed by atoms with Crippen molar-refractivity contribution in [3.05, 3.63) is 28.8 Å². The van der Waals surface area contributed by atoms with Gasteiger partial charge in [-0.05, 0) is 30.5 Å². The van der Waals surface area contributed by atoms with Gasteiger partial charge in [0.05, 0.1) is 6.61 Å². The largest absolute Gasteiger partial charge is 0.395 e. The van der Waals surface area contributed by atoms with E-state index >= 15 is 0 Å². The number of hydrogen-bond acceptors (Lipinski definition) is 3. The second-order valence-electron chi connectivity index (χ2n) is 5.70. The van der Waals surface area contributed by atoms with Gasteiger partial charge in [0.25, 0.3) is 0 Å². The molecule has 21 heavy (non-hydrogen) atoms. The normalized spacial score (nSPS) is 11.4. The molecule has 0 bridgehead atoms. The third-order valence-corrected chi connectivity index (χ3v) is 4.15. The van der Waals surface area contributed by atoms with Gasteiger partial charge in [-0.3, -0.25) is 0 Å². The molecule has 0 saturated carbocycles. The molecule has 0 unspecified atom stereocenters. The number of aliphatic hydroxyl groups is 1. The quantitative estimate of drug-likeness (QED) is 0.727. The zero-order valence-electron chi connectivity index (χ0n) is 13.7. The number of anilines is 1. The van der Waals surface area contributed by atoms with Gasteiger partial charge in [-0.25, -0.2) is 0 Å². The highest BCUT2D eigenvalue weighted by molar-refractivity contribution is 6.31. The number of hydrogen-bond donors (Lipinski definition) is 2. The third kappa shape index (κ3) is 5.50. The Morgan fingerprint density at radius 1 is 1.24 bits per heavy atom. The van der Waals surface area contributed by atoms with Crippen molar-refractivity contribution in [1.82, 2.24) is 5.32 Å². The number of halogens is 1. The van der Waals surface area contributed by atoms with Crippen molar-refractivity contribution in [2.45, 2.75) is 59.2 Å². The first-order chi connectivity index (χ1) is 10.0. The average molecular weight is 313 g/mol. The Morgan fingerprint density at radius 3 is 2.38 bits per heavy atom. The van der Waals surface area contributed by atoms with Crippen LogP contribution in [0.5, 0.6) is 0 Å². The number of nitrogens with zero attached hydrogens (tertiary/aromatic N) is 1. The number of aliphatic hydroxyl groups excluding tert-OH is 1. The first-order valence-electron chi connectivity index (χ1n) is 7.92. The summed E-state index contributed by atoms with van der Waals surface area (Å²) in [6.07, 6.45) is 2.12. The van der Waals surface area contributed by atoms with Crippen molar-refractivity contribution in [3.8, 4) is 0 Å². The van der Waals surface area contributed by atoms with Crippen molar-refractivity contribution in [2.75, 3.05) is 18.1 Å². The van der Waals surface area contributed by atoms with E-state index in [1.807, 2.05) is 6.07 Å². The Hall–Kier alpha value is -0.770. The molecule has 0 fully saturated rings. The standard InChI is InChI=1S/C17H29ClN2O/c1-5-15(6-2)20(9-10-21)16-8-7-14(17(18)11-16)12-19-13(3)4/h7-8,11,13,15,19,21H,5-6,9-10,12H2,1-4H3. The summed E-state index contributed by atoms with van der Waals surface area (Å²) < 4.78 is 0. The van der Waals surface area contributed by atoms with Gasteiger partial charge in [-0.1, -0.05) is 45.4 Å². The molecule has 3 nitrogen and oxygen atoms in total. The van der Waals surface area contributed by atoms with Crippen LogP contribution < -0.4 is 10.2 Å². The van der Waals surface area contributed by atoms with Crippen molar-refractivity contribution in [2.24, 2.45) is 0 Å². The predicted molar refractivity (Wildman–Crippen MR) is 92.2 cm³/mol. The Kier molecular flexibility index (Phi) is 8.09. The monoisotopic (exact) mass is 312 g/mol. The number of nitrogens with one attached hydrogen (secondary N) is 1. The highest BCUT2D eigenvalue weighted by atomic mass is 35.5. The lowest BCUT2D eigenvalue weighted by Crippen LogP contribution is -2.36. The van der Waals surface area contributed by atoms with Crippen molar-refractivity contribution < 1.29 is 5.11 Å². The van der Waals surface area contributed by atoms with Crippen LogP contribution in [0.3, 0.4) is 0 Å². The van der Waals surface area contributed by atoms with Crippen LogP contribution in [0, 0.1) is 0 Å². The zero-order chi connectivity index (χ0) is 15.8. The summed E-state index contributed by atoms with van der Waals surface area (Å²) in [5.74, 6) is 0. The zero-order valence-corrected chi connectivity index (χ0v) is 14.5. The van der Waals surface area contributed by atoms with Crippen LogP contribution in [0.15, 0.2) is 18.2 Å². The summed E-state index contributed by atoms with van der Waals surface area (Å²) in [5, 5.41) is 13.5. The van der Waals surface area contributed by atoms with E-state index in [1.165, 1.54) is 0 Å². The van der Waals surface area contributed by atoms with Gasteiger partial charge in [-0.15, -0.1) is 0 Å². The van der Waals surface area contributed by atoms with Crippen LogP contribution in [0.4, 0.5) is 5.69 Å². The maximum atomic E-state index is 9.32. The molecule has 1 aromatic rings. The van der Waals surface area contributed by atoms with E-state index in [0.29, 0.717) is 18.6 Å². The van der Waals surface area contributed by atoms with Crippen LogP contribution in [0.25, 0.3) is 0 Å². The Labute approximate surface area is 134 Å². The molecule has 120 valence electrons. The van der Waals surface area contributed by atoms with Crippen LogP contribution in [-0.4, -0.2) is 30.3 Å². The molecular formula is C17H29ClN2O. The molecule has 1 aromatic carbocycles. The highest BCUT2D eigenvalue weighted by Gasteiger charge is 2.16. The van der Waals surface area contributed by atoms with E-state index in [4.69, 9.17) is 11.6 Å². The van der Waals surface area contributed by atoms with Gasteiger partial charge in [0, 0.05) is 35.9 Å². The lowest BCUT2D eigenvalue weighted by molar-refractivity contribution is 0.296. The maximum absolute atomic E-state index is 9.32. The van der Waals surface area contributed by atoms with Crippen LogP contribution in [0.1, 0.15) is 46.1 Å². The average Bonchev–Trinajstić information content (AvgIpc) is 2.46. The van der Waals surface area contributed by atoms with E-state index in [9.17, 15) is 5.11 Å². The van der Waals surface area contributed by atoms with E-state index < -0.39 is 0 Å². The Morgan fingerprint density at radius 2 is 1.90 bits per heavy atom. The van der Waals surface area contributed by atoms with Crippen LogP contribution in [-0.2, 0) is 6.54 Å². The smallest absolute Gasteiger partial charge is 0.0606 e. The first-order valence-corrected chi connectivity index (χ1v) is 8.30. The van der Waals surface area contributed by atoms with Crippen molar-refractivity contribution in [1.29, 1.82) is 0 Å². The molecule has 0 heterocycles. The second kappa shape index (κ2) is 9.29. The van der Waals surface area contributed by atoms with Gasteiger partial charge < -0.3 is 15.3 Å². The highest BCUT2D eigenvalue weighted by Crippen LogP contribution is 2.26. The fourth-order valence-electron chi connectivity index (χ4n) is 2.53. The summed E-state index contributed by atoms with van der Waals surface area (Å²) in [6, 6.07) is 7.09. The van der Waals surface area contributed by atoms with E-state index in [1.54, 1.807) is 0 Å². The molecule has 0 amide bonds. The van der Waals surface area contributed by atoms with Gasteiger partial charge >= 0.3 is 0 Å². The molecule has 2 N–H and O–H groups in total. The molecule has 0 aliphatic carbocycles. The third-order valence-electron chi connectivity index (χ3n) is 3.79. The lowest BCUT2D eigenvalue weighted by Gasteiger charge is -2.32. The molecule has 0 atom stereocenters. The molecule has 0 saturated heterocycles. The van der Waals surface area contributed by atoms with Gasteiger partial charge in [-0.2, -0.15) is 0 Å². The molecule has 0 radical (unpaired) electrons. The molecule has 4 heteroatoms. The molecule has 1 rings (SSSR count). The molecular weight excluding hydrogens is 284 g/mol. The van der Waals surface area contributed by atoms with Gasteiger partial charge in [0.2, 0.25) is 0 Å². The summed E-state index contributed by atoms with van der Waals surface area (Å²) in [6.45, 7) is 10.2. The van der Waals surface area contributed by atoms with E-state index in [-0.39, 0.29) is 6.61 Å². The van der Waals surface area contributed by atoms with Crippen molar-refractivity contribution in [3.63, 3.8) is 0 Å². The summed E-state index contributed by atoms with van der Waals surface area (Å²) in [7, 11) is 0. The molecule has 0 spiro atoms. The molecule has 0 aliphatic heterocycles. The van der Waals surface area contributed by atoms with Gasteiger partial charge in [0.15, 0.2) is 0 Å².